The highest BCUT2D eigenvalue weighted by atomic mass is 16.3. The number of anilines is 2. The third kappa shape index (κ3) is 1.41. The van der Waals surface area contributed by atoms with E-state index in [1.165, 1.54) is 4.90 Å². The van der Waals surface area contributed by atoms with Gasteiger partial charge < -0.3 is 10.8 Å². The van der Waals surface area contributed by atoms with Crippen molar-refractivity contribution in [3.63, 3.8) is 0 Å². The molecule has 0 bridgehead atoms. The van der Waals surface area contributed by atoms with Gasteiger partial charge in [0.1, 0.15) is 0 Å². The van der Waals surface area contributed by atoms with E-state index in [0.717, 1.165) is 0 Å². The molecular formula is C7H11N5O2. The highest BCUT2D eigenvalue weighted by Crippen LogP contribution is 2.21. The summed E-state index contributed by atoms with van der Waals surface area (Å²) in [6, 6.07) is 0. The maximum Gasteiger partial charge on any atom is 0.252 e. The smallest absolute Gasteiger partial charge is 0.252 e. The summed E-state index contributed by atoms with van der Waals surface area (Å²) in [7, 11) is 0. The molecule has 1 aromatic heterocycles. The van der Waals surface area contributed by atoms with E-state index in [2.05, 4.69) is 15.2 Å². The minimum Gasteiger partial charge on any atom is -0.396 e. The topological polar surface area (TPSA) is 108 Å². The molecule has 7 heteroatoms. The lowest BCUT2D eigenvalue weighted by molar-refractivity contribution is -0.117. The number of carbonyl (C=O) groups excluding carboxylic acids is 1. The predicted molar refractivity (Wildman–Crippen MR) is 48.3 cm³/mol. The van der Waals surface area contributed by atoms with Crippen molar-refractivity contribution in [1.82, 2.24) is 15.2 Å². The summed E-state index contributed by atoms with van der Waals surface area (Å²) in [5, 5.41) is 15.1. The Hall–Kier alpha value is -1.63. The van der Waals surface area contributed by atoms with Crippen LogP contribution in [0.25, 0.3) is 0 Å². The van der Waals surface area contributed by atoms with Crippen LogP contribution in [0, 0.1) is 5.92 Å². The first-order chi connectivity index (χ1) is 6.70. The average Bonchev–Trinajstić information content (AvgIpc) is 2.71. The lowest BCUT2D eigenvalue weighted by atomic mass is 10.1. The van der Waals surface area contributed by atoms with Crippen LogP contribution in [0.4, 0.5) is 11.9 Å². The van der Waals surface area contributed by atoms with Crippen LogP contribution in [0.3, 0.4) is 0 Å². The minimum atomic E-state index is -0.0805. The zero-order valence-electron chi connectivity index (χ0n) is 7.47. The van der Waals surface area contributed by atoms with Crippen molar-refractivity contribution in [3.05, 3.63) is 0 Å². The van der Waals surface area contributed by atoms with E-state index in [0.29, 0.717) is 13.0 Å². The monoisotopic (exact) mass is 197 g/mol. The number of amides is 1. The van der Waals surface area contributed by atoms with Crippen molar-refractivity contribution in [2.75, 3.05) is 23.8 Å². The first-order valence-corrected chi connectivity index (χ1v) is 4.30. The number of nitrogen functional groups attached to an aromatic ring is 1. The third-order valence-corrected chi connectivity index (χ3v) is 2.20. The summed E-state index contributed by atoms with van der Waals surface area (Å²) in [5.74, 6) is 0.356. The second-order valence-electron chi connectivity index (χ2n) is 3.28. The molecular weight excluding hydrogens is 186 g/mol. The number of aliphatic hydroxyl groups is 1. The van der Waals surface area contributed by atoms with Crippen molar-refractivity contribution in [1.29, 1.82) is 0 Å². The van der Waals surface area contributed by atoms with Crippen LogP contribution >= 0.6 is 0 Å². The van der Waals surface area contributed by atoms with Crippen molar-refractivity contribution in [2.45, 2.75) is 6.42 Å². The number of nitrogens with zero attached hydrogens (tertiary/aromatic N) is 3. The van der Waals surface area contributed by atoms with Crippen LogP contribution in [-0.2, 0) is 4.79 Å². The van der Waals surface area contributed by atoms with E-state index in [4.69, 9.17) is 10.8 Å². The number of rotatable bonds is 2. The van der Waals surface area contributed by atoms with Gasteiger partial charge in [-0.15, -0.1) is 5.10 Å². The fourth-order valence-electron chi connectivity index (χ4n) is 1.48. The van der Waals surface area contributed by atoms with Gasteiger partial charge in [-0.1, -0.05) is 0 Å². The first-order valence-electron chi connectivity index (χ1n) is 4.30. The van der Waals surface area contributed by atoms with E-state index in [-0.39, 0.29) is 30.3 Å². The van der Waals surface area contributed by atoms with Gasteiger partial charge in [0.2, 0.25) is 11.9 Å². The second kappa shape index (κ2) is 3.26. The summed E-state index contributed by atoms with van der Waals surface area (Å²) in [6.07, 6.45) is 0.338. The Morgan fingerprint density at radius 3 is 3.00 bits per heavy atom. The molecule has 1 aliphatic heterocycles. The normalized spacial score (nSPS) is 21.9. The van der Waals surface area contributed by atoms with E-state index in [9.17, 15) is 4.79 Å². The Kier molecular flexibility index (Phi) is 2.08. The molecule has 1 atom stereocenters. The number of nitrogens with two attached hydrogens (primary N) is 1. The number of carbonyl (C=O) groups is 1. The molecule has 4 N–H and O–H groups in total. The van der Waals surface area contributed by atoms with E-state index in [1.54, 1.807) is 0 Å². The Morgan fingerprint density at radius 2 is 2.50 bits per heavy atom. The molecule has 0 saturated carbocycles. The fraction of sp³-hybridized carbons (Fsp3) is 0.571. The Bertz CT molecular complexity index is 350. The molecule has 1 unspecified atom stereocenters. The van der Waals surface area contributed by atoms with Crippen LogP contribution in [0.1, 0.15) is 6.42 Å². The lowest BCUT2D eigenvalue weighted by Crippen LogP contribution is -2.26. The molecule has 1 amide bonds. The van der Waals surface area contributed by atoms with Gasteiger partial charge in [0.25, 0.3) is 5.95 Å². The van der Waals surface area contributed by atoms with Gasteiger partial charge in [0, 0.05) is 25.5 Å². The van der Waals surface area contributed by atoms with Crippen molar-refractivity contribution in [2.24, 2.45) is 5.92 Å². The molecule has 1 saturated heterocycles. The van der Waals surface area contributed by atoms with Gasteiger partial charge in [-0.05, 0) is 0 Å². The predicted octanol–water partition coefficient (Wildman–Crippen LogP) is -1.27. The summed E-state index contributed by atoms with van der Waals surface area (Å²) >= 11 is 0. The summed E-state index contributed by atoms with van der Waals surface area (Å²) in [5.41, 5.74) is 5.34. The Labute approximate surface area is 79.9 Å². The van der Waals surface area contributed by atoms with Crippen molar-refractivity contribution < 1.29 is 9.90 Å². The number of aromatic nitrogens is 3. The number of aromatic amines is 1. The molecule has 0 aromatic carbocycles. The van der Waals surface area contributed by atoms with Crippen molar-refractivity contribution >= 4 is 17.8 Å². The molecule has 0 spiro atoms. The number of H-pyrrole nitrogens is 1. The first kappa shape index (κ1) is 8.95. The number of nitrogens with one attached hydrogen (secondary N) is 1. The second-order valence-corrected chi connectivity index (χ2v) is 3.28. The summed E-state index contributed by atoms with van der Waals surface area (Å²) in [6.45, 7) is 0.453. The fourth-order valence-corrected chi connectivity index (χ4v) is 1.48. The van der Waals surface area contributed by atoms with Gasteiger partial charge in [0.15, 0.2) is 0 Å². The van der Waals surface area contributed by atoms with Gasteiger partial charge in [0.05, 0.1) is 0 Å². The number of hydrogen-bond donors (Lipinski definition) is 3. The van der Waals surface area contributed by atoms with Crippen LogP contribution in [0.5, 0.6) is 0 Å². The molecule has 1 aromatic rings. The highest BCUT2D eigenvalue weighted by Gasteiger charge is 2.32. The zero-order valence-corrected chi connectivity index (χ0v) is 7.47. The van der Waals surface area contributed by atoms with E-state index in [1.807, 2.05) is 0 Å². The highest BCUT2D eigenvalue weighted by molar-refractivity contribution is 5.94. The Morgan fingerprint density at radius 1 is 1.71 bits per heavy atom. The van der Waals surface area contributed by atoms with Crippen LogP contribution in [0.15, 0.2) is 0 Å². The molecule has 2 rings (SSSR count). The molecule has 76 valence electrons. The molecule has 0 radical (unpaired) electrons. The quantitative estimate of drug-likeness (QED) is 0.548. The van der Waals surface area contributed by atoms with Gasteiger partial charge in [-0.25, -0.2) is 5.10 Å². The number of aliphatic hydroxyl groups excluding tert-OH is 1. The Balaban J connectivity index is 2.16. The van der Waals surface area contributed by atoms with Crippen LogP contribution < -0.4 is 10.6 Å². The molecule has 14 heavy (non-hydrogen) atoms. The van der Waals surface area contributed by atoms with Crippen LogP contribution in [-0.4, -0.2) is 39.3 Å². The number of hydrogen-bond acceptors (Lipinski definition) is 5. The SMILES string of the molecule is Nc1nc(N2CC(CO)CC2=O)n[nH]1. The molecule has 0 aliphatic carbocycles. The van der Waals surface area contributed by atoms with E-state index >= 15 is 0 Å². The van der Waals surface area contributed by atoms with Crippen LogP contribution in [0.2, 0.25) is 0 Å². The third-order valence-electron chi connectivity index (χ3n) is 2.20. The lowest BCUT2D eigenvalue weighted by Gasteiger charge is -2.10. The van der Waals surface area contributed by atoms with Gasteiger partial charge >= 0.3 is 0 Å². The summed E-state index contributed by atoms with van der Waals surface area (Å²) in [4.78, 5) is 16.7. The maximum atomic E-state index is 11.4. The van der Waals surface area contributed by atoms with Crippen molar-refractivity contribution in [3.8, 4) is 0 Å². The average molecular weight is 197 g/mol. The standard InChI is InChI=1S/C7H11N5O2/c8-6-9-7(11-10-6)12-2-4(3-13)1-5(12)14/h4,13H,1-3H2,(H3,8,9,10,11). The molecule has 2 heterocycles. The zero-order chi connectivity index (χ0) is 10.1. The molecule has 1 fully saturated rings. The maximum absolute atomic E-state index is 11.4. The minimum absolute atomic E-state index is 0.00213. The van der Waals surface area contributed by atoms with E-state index < -0.39 is 0 Å². The van der Waals surface area contributed by atoms with Gasteiger partial charge in [-0.3, -0.25) is 9.69 Å². The van der Waals surface area contributed by atoms with Gasteiger partial charge in [-0.2, -0.15) is 4.98 Å². The summed E-state index contributed by atoms with van der Waals surface area (Å²) < 4.78 is 0. The molecule has 1 aliphatic rings. The largest absolute Gasteiger partial charge is 0.396 e. The molecule has 7 nitrogen and oxygen atoms in total.